The quantitative estimate of drug-likeness (QED) is 0.396. The molecule has 1 fully saturated rings. The minimum atomic E-state index is -0.136. The van der Waals surface area contributed by atoms with Gasteiger partial charge >= 0.3 is 0 Å². The van der Waals surface area contributed by atoms with Crippen molar-refractivity contribution in [1.29, 1.82) is 0 Å². The number of benzene rings is 1. The topological polar surface area (TPSA) is 81.2 Å². The molecule has 4 heterocycles. The molecule has 4 aromatic rings. The summed E-state index contributed by atoms with van der Waals surface area (Å²) in [6.45, 7) is 7.73. The highest BCUT2D eigenvalue weighted by Crippen LogP contribution is 2.34. The summed E-state index contributed by atoms with van der Waals surface area (Å²) in [4.78, 5) is 33.6. The number of carbonyl (C=O) groups excluding carboxylic acids is 1. The van der Waals surface area contributed by atoms with Crippen LogP contribution in [0, 0.1) is 12.8 Å². The van der Waals surface area contributed by atoms with Crippen molar-refractivity contribution in [3.63, 3.8) is 0 Å². The summed E-state index contributed by atoms with van der Waals surface area (Å²) in [5.41, 5.74) is 5.84. The second-order valence-electron chi connectivity index (χ2n) is 10.5. The van der Waals surface area contributed by atoms with Crippen LogP contribution in [0.3, 0.4) is 0 Å². The molecule has 3 aromatic heterocycles. The number of carbonyl (C=O) groups is 1. The molecule has 0 radical (unpaired) electrons. The molecule has 6 rings (SSSR count). The van der Waals surface area contributed by atoms with Crippen molar-refractivity contribution >= 4 is 16.8 Å². The van der Waals surface area contributed by atoms with Crippen LogP contribution in [-0.4, -0.2) is 32.1 Å². The normalized spacial score (nSPS) is 15.5. The van der Waals surface area contributed by atoms with Crippen LogP contribution >= 0.6 is 0 Å². The fraction of sp³-hybridized carbons (Fsp3) is 0.379. The summed E-state index contributed by atoms with van der Waals surface area (Å²) in [5, 5.41) is 4.99. The Morgan fingerprint density at radius 3 is 2.72 bits per heavy atom. The van der Waals surface area contributed by atoms with Crippen LogP contribution in [0.15, 0.2) is 51.8 Å². The molecule has 36 heavy (non-hydrogen) atoms. The highest BCUT2D eigenvalue weighted by atomic mass is 16.5. The third-order valence-electron chi connectivity index (χ3n) is 7.37. The molecule has 0 bridgehead atoms. The van der Waals surface area contributed by atoms with Crippen LogP contribution in [0.25, 0.3) is 22.0 Å². The average molecular weight is 483 g/mol. The third kappa shape index (κ3) is 4.02. The molecular formula is C29H30N4O3. The molecule has 7 nitrogen and oxygen atoms in total. The van der Waals surface area contributed by atoms with E-state index in [0.29, 0.717) is 42.4 Å². The zero-order valence-corrected chi connectivity index (χ0v) is 21.0. The number of aryl methyl sites for hydroxylation is 1. The van der Waals surface area contributed by atoms with Crippen LogP contribution in [0.5, 0.6) is 0 Å². The number of fused-ring (bicyclic) bond motifs is 2. The lowest BCUT2D eigenvalue weighted by molar-refractivity contribution is 0.0721. The first-order valence-corrected chi connectivity index (χ1v) is 12.8. The van der Waals surface area contributed by atoms with Gasteiger partial charge in [-0.05, 0) is 55.0 Å². The minimum absolute atomic E-state index is 0.0478. The lowest BCUT2D eigenvalue weighted by Gasteiger charge is -2.31. The first-order chi connectivity index (χ1) is 17.4. The van der Waals surface area contributed by atoms with Crippen molar-refractivity contribution in [3.05, 3.63) is 81.2 Å². The van der Waals surface area contributed by atoms with E-state index in [1.165, 1.54) is 0 Å². The fourth-order valence-corrected chi connectivity index (χ4v) is 5.15. The SMILES string of the molecule is Cc1ccc2c(-c3cc4c(n(CC5CC5)c3=O)CCN(C(=O)c3cc(C(C)C)on3)C4)cccc2n1. The monoisotopic (exact) mass is 482 g/mol. The summed E-state index contributed by atoms with van der Waals surface area (Å²) >= 11 is 0. The molecule has 1 saturated carbocycles. The molecule has 1 aromatic carbocycles. The highest BCUT2D eigenvalue weighted by Gasteiger charge is 2.30. The van der Waals surface area contributed by atoms with E-state index in [4.69, 9.17) is 4.52 Å². The summed E-state index contributed by atoms with van der Waals surface area (Å²) in [5.74, 6) is 1.29. The maximum Gasteiger partial charge on any atom is 0.276 e. The number of hydrogen-bond donors (Lipinski definition) is 0. The second kappa shape index (κ2) is 8.73. The molecule has 2 aliphatic rings. The smallest absolute Gasteiger partial charge is 0.276 e. The number of aromatic nitrogens is 3. The standard InChI is InChI=1S/C29H30N4O3/c1-17(2)27-14-25(31-36-27)29(35)32-12-11-26-20(16-32)13-23(28(34)33(26)15-19-8-9-19)21-5-4-6-24-22(21)10-7-18(3)30-24/h4-7,10,13-14,17,19H,8-9,11-12,15-16H2,1-3H3. The molecule has 0 unspecified atom stereocenters. The summed E-state index contributed by atoms with van der Waals surface area (Å²) in [7, 11) is 0. The first kappa shape index (κ1) is 22.7. The Bertz CT molecular complexity index is 1540. The zero-order valence-electron chi connectivity index (χ0n) is 21.0. The van der Waals surface area contributed by atoms with Gasteiger partial charge in [-0.2, -0.15) is 0 Å². The number of pyridine rings is 2. The summed E-state index contributed by atoms with van der Waals surface area (Å²) < 4.78 is 7.35. The van der Waals surface area contributed by atoms with Crippen LogP contribution in [-0.2, 0) is 19.5 Å². The Hall–Kier alpha value is -3.74. The summed E-state index contributed by atoms with van der Waals surface area (Å²) in [6, 6.07) is 13.7. The maximum atomic E-state index is 13.9. The predicted molar refractivity (Wildman–Crippen MR) is 138 cm³/mol. The summed E-state index contributed by atoms with van der Waals surface area (Å²) in [6.07, 6.45) is 2.98. The fourth-order valence-electron chi connectivity index (χ4n) is 5.15. The number of nitrogens with zero attached hydrogens (tertiary/aromatic N) is 4. The number of hydrogen-bond acceptors (Lipinski definition) is 5. The van der Waals surface area contributed by atoms with Gasteiger partial charge < -0.3 is 14.0 Å². The highest BCUT2D eigenvalue weighted by molar-refractivity contribution is 5.95. The van der Waals surface area contributed by atoms with Crippen molar-refractivity contribution in [1.82, 2.24) is 19.6 Å². The van der Waals surface area contributed by atoms with E-state index in [-0.39, 0.29) is 17.4 Å². The van der Waals surface area contributed by atoms with Gasteiger partial charge in [0.2, 0.25) is 0 Å². The van der Waals surface area contributed by atoms with Gasteiger partial charge in [-0.1, -0.05) is 37.2 Å². The average Bonchev–Trinajstić information content (AvgIpc) is 3.55. The molecule has 0 spiro atoms. The Morgan fingerprint density at radius 2 is 1.97 bits per heavy atom. The molecule has 0 atom stereocenters. The van der Waals surface area contributed by atoms with E-state index >= 15 is 0 Å². The van der Waals surface area contributed by atoms with E-state index in [1.54, 1.807) is 6.07 Å². The first-order valence-electron chi connectivity index (χ1n) is 12.8. The molecule has 1 aliphatic carbocycles. The zero-order chi connectivity index (χ0) is 25.0. The van der Waals surface area contributed by atoms with Gasteiger partial charge in [0.05, 0.1) is 5.52 Å². The molecule has 1 aliphatic heterocycles. The Kier molecular flexibility index (Phi) is 5.51. The van der Waals surface area contributed by atoms with E-state index in [2.05, 4.69) is 10.1 Å². The van der Waals surface area contributed by atoms with Crippen molar-refractivity contribution in [2.75, 3.05) is 6.54 Å². The molecule has 184 valence electrons. The van der Waals surface area contributed by atoms with E-state index in [9.17, 15) is 9.59 Å². The maximum absolute atomic E-state index is 13.9. The van der Waals surface area contributed by atoms with Crippen molar-refractivity contribution in [2.45, 2.75) is 59.0 Å². The number of rotatable bonds is 5. The van der Waals surface area contributed by atoms with Gasteiger partial charge in [0.25, 0.3) is 11.5 Å². The van der Waals surface area contributed by atoms with E-state index < -0.39 is 0 Å². The van der Waals surface area contributed by atoms with Crippen molar-refractivity contribution in [3.8, 4) is 11.1 Å². The van der Waals surface area contributed by atoms with Crippen LogP contribution < -0.4 is 5.56 Å². The third-order valence-corrected chi connectivity index (χ3v) is 7.37. The number of amides is 1. The minimum Gasteiger partial charge on any atom is -0.360 e. The van der Waals surface area contributed by atoms with Gasteiger partial charge in [0.15, 0.2) is 5.69 Å². The molecule has 0 N–H and O–H groups in total. The Labute approximate surface area is 209 Å². The van der Waals surface area contributed by atoms with Crippen molar-refractivity contribution in [2.24, 2.45) is 5.92 Å². The van der Waals surface area contributed by atoms with Gasteiger partial charge in [0.1, 0.15) is 5.76 Å². The van der Waals surface area contributed by atoms with E-state index in [0.717, 1.165) is 52.8 Å². The molecule has 0 saturated heterocycles. The van der Waals surface area contributed by atoms with Crippen LogP contribution in [0.4, 0.5) is 0 Å². The lowest BCUT2D eigenvalue weighted by Crippen LogP contribution is -2.39. The molecule has 1 amide bonds. The van der Waals surface area contributed by atoms with E-state index in [1.807, 2.05) is 66.6 Å². The van der Waals surface area contributed by atoms with Crippen molar-refractivity contribution < 1.29 is 9.32 Å². The van der Waals surface area contributed by atoms with Crippen LogP contribution in [0.2, 0.25) is 0 Å². The molecule has 7 heteroatoms. The van der Waals surface area contributed by atoms with Gasteiger partial charge in [-0.3, -0.25) is 14.6 Å². The van der Waals surface area contributed by atoms with Gasteiger partial charge in [-0.25, -0.2) is 0 Å². The van der Waals surface area contributed by atoms with Gasteiger partial charge in [-0.15, -0.1) is 0 Å². The molecular weight excluding hydrogens is 452 g/mol. The lowest BCUT2D eigenvalue weighted by atomic mass is 9.96. The van der Waals surface area contributed by atoms with Gasteiger partial charge in [0, 0.05) is 60.4 Å². The Balaban J connectivity index is 1.43. The van der Waals surface area contributed by atoms with Crippen LogP contribution in [0.1, 0.15) is 65.8 Å². The largest absolute Gasteiger partial charge is 0.360 e. The predicted octanol–water partition coefficient (Wildman–Crippen LogP) is 5.09. The second-order valence-corrected chi connectivity index (χ2v) is 10.5. The Morgan fingerprint density at radius 1 is 1.14 bits per heavy atom.